The van der Waals surface area contributed by atoms with Crippen LogP contribution in [0, 0.1) is 6.92 Å². The van der Waals surface area contributed by atoms with Gasteiger partial charge in [-0.1, -0.05) is 48.0 Å². The van der Waals surface area contributed by atoms with Crippen molar-refractivity contribution in [1.29, 1.82) is 0 Å². The Bertz CT molecular complexity index is 536. The number of benzene rings is 2. The summed E-state index contributed by atoms with van der Waals surface area (Å²) < 4.78 is 5.36. The van der Waals surface area contributed by atoms with Gasteiger partial charge in [-0.05, 0) is 31.4 Å². The minimum atomic E-state index is 0.0108. The molecule has 0 amide bonds. The fraction of sp³-hybridized carbons (Fsp3) is 0.294. The maximum Gasteiger partial charge on any atom is 0.123 e. The molecule has 0 radical (unpaired) electrons. The summed E-state index contributed by atoms with van der Waals surface area (Å²) in [5.74, 6) is 0.874. The van der Waals surface area contributed by atoms with Crippen LogP contribution in [0.2, 0.25) is 0 Å². The van der Waals surface area contributed by atoms with E-state index in [9.17, 15) is 0 Å². The molecule has 0 spiro atoms. The van der Waals surface area contributed by atoms with Crippen LogP contribution in [-0.2, 0) is 6.42 Å². The zero-order chi connectivity index (χ0) is 13.7. The minimum absolute atomic E-state index is 0.0108. The molecule has 0 aliphatic heterocycles. The molecule has 2 rings (SSSR count). The summed E-state index contributed by atoms with van der Waals surface area (Å²) >= 11 is 0. The first kappa shape index (κ1) is 13.6. The van der Waals surface area contributed by atoms with E-state index >= 15 is 0 Å². The number of rotatable bonds is 5. The zero-order valence-corrected chi connectivity index (χ0v) is 11.6. The van der Waals surface area contributed by atoms with Gasteiger partial charge in [-0.3, -0.25) is 0 Å². The van der Waals surface area contributed by atoms with Gasteiger partial charge in [-0.25, -0.2) is 0 Å². The van der Waals surface area contributed by atoms with E-state index in [0.717, 1.165) is 24.2 Å². The van der Waals surface area contributed by atoms with Crippen molar-refractivity contribution >= 4 is 0 Å². The number of aryl methyl sites for hydroxylation is 2. The highest BCUT2D eigenvalue weighted by Crippen LogP contribution is 2.26. The largest absolute Gasteiger partial charge is 0.496 e. The Hall–Kier alpha value is -1.80. The van der Waals surface area contributed by atoms with Crippen LogP contribution in [0.1, 0.15) is 29.2 Å². The summed E-state index contributed by atoms with van der Waals surface area (Å²) in [5, 5.41) is 0. The molecule has 1 unspecified atom stereocenters. The van der Waals surface area contributed by atoms with E-state index in [1.807, 2.05) is 24.3 Å². The molecule has 2 aromatic carbocycles. The molecule has 1 atom stereocenters. The topological polar surface area (TPSA) is 35.2 Å². The van der Waals surface area contributed by atoms with Crippen molar-refractivity contribution in [1.82, 2.24) is 0 Å². The van der Waals surface area contributed by atoms with Crippen molar-refractivity contribution in [2.24, 2.45) is 5.73 Å². The van der Waals surface area contributed by atoms with Gasteiger partial charge in [0, 0.05) is 11.6 Å². The van der Waals surface area contributed by atoms with Crippen molar-refractivity contribution < 1.29 is 4.74 Å². The van der Waals surface area contributed by atoms with Gasteiger partial charge in [0.25, 0.3) is 0 Å². The predicted molar refractivity (Wildman–Crippen MR) is 79.4 cm³/mol. The van der Waals surface area contributed by atoms with E-state index in [4.69, 9.17) is 10.5 Å². The van der Waals surface area contributed by atoms with E-state index in [1.165, 1.54) is 11.1 Å². The van der Waals surface area contributed by atoms with Crippen molar-refractivity contribution in [2.75, 3.05) is 7.11 Å². The van der Waals surface area contributed by atoms with Crippen LogP contribution in [0.3, 0.4) is 0 Å². The summed E-state index contributed by atoms with van der Waals surface area (Å²) in [6, 6.07) is 16.6. The molecule has 0 bridgehead atoms. The SMILES string of the molecule is COc1ccccc1C(N)CCc1cccc(C)c1. The average molecular weight is 255 g/mol. The Labute approximate surface area is 115 Å². The predicted octanol–water partition coefficient (Wildman–Crippen LogP) is 3.64. The highest BCUT2D eigenvalue weighted by Gasteiger charge is 2.11. The third kappa shape index (κ3) is 3.58. The van der Waals surface area contributed by atoms with Crippen molar-refractivity contribution in [3.8, 4) is 5.75 Å². The highest BCUT2D eigenvalue weighted by molar-refractivity contribution is 5.35. The summed E-state index contributed by atoms with van der Waals surface area (Å²) in [7, 11) is 1.69. The van der Waals surface area contributed by atoms with Crippen LogP contribution < -0.4 is 10.5 Å². The lowest BCUT2D eigenvalue weighted by Gasteiger charge is -2.15. The lowest BCUT2D eigenvalue weighted by Crippen LogP contribution is -2.12. The van der Waals surface area contributed by atoms with E-state index in [2.05, 4.69) is 31.2 Å². The zero-order valence-electron chi connectivity index (χ0n) is 11.6. The van der Waals surface area contributed by atoms with Crippen LogP contribution >= 0.6 is 0 Å². The molecule has 0 saturated carbocycles. The third-order valence-corrected chi connectivity index (χ3v) is 3.36. The molecule has 0 saturated heterocycles. The maximum atomic E-state index is 6.28. The Morgan fingerprint density at radius 3 is 2.63 bits per heavy atom. The fourth-order valence-corrected chi connectivity index (χ4v) is 2.32. The van der Waals surface area contributed by atoms with Gasteiger partial charge in [-0.15, -0.1) is 0 Å². The molecule has 0 aromatic heterocycles. The first-order chi connectivity index (χ1) is 9.20. The molecule has 0 aliphatic rings. The Morgan fingerprint density at radius 2 is 1.89 bits per heavy atom. The minimum Gasteiger partial charge on any atom is -0.496 e. The molecule has 0 fully saturated rings. The van der Waals surface area contributed by atoms with E-state index < -0.39 is 0 Å². The van der Waals surface area contributed by atoms with Crippen molar-refractivity contribution in [3.63, 3.8) is 0 Å². The Kier molecular flexibility index (Phi) is 4.58. The molecular formula is C17H21NO. The first-order valence-corrected chi connectivity index (χ1v) is 6.64. The average Bonchev–Trinajstić information content (AvgIpc) is 2.45. The van der Waals surface area contributed by atoms with E-state index in [1.54, 1.807) is 7.11 Å². The van der Waals surface area contributed by atoms with Crippen molar-refractivity contribution in [3.05, 3.63) is 65.2 Å². The number of para-hydroxylation sites is 1. The van der Waals surface area contributed by atoms with Crippen molar-refractivity contribution in [2.45, 2.75) is 25.8 Å². The van der Waals surface area contributed by atoms with Crippen LogP contribution in [0.4, 0.5) is 0 Å². The Morgan fingerprint density at radius 1 is 1.11 bits per heavy atom. The van der Waals surface area contributed by atoms with Gasteiger partial charge < -0.3 is 10.5 Å². The van der Waals surface area contributed by atoms with Gasteiger partial charge in [0.1, 0.15) is 5.75 Å². The lowest BCUT2D eigenvalue weighted by atomic mass is 9.98. The number of hydrogen-bond acceptors (Lipinski definition) is 2. The third-order valence-electron chi connectivity index (χ3n) is 3.36. The fourth-order valence-electron chi connectivity index (χ4n) is 2.32. The second kappa shape index (κ2) is 6.39. The van der Waals surface area contributed by atoms with Gasteiger partial charge in [0.05, 0.1) is 7.11 Å². The van der Waals surface area contributed by atoms with E-state index in [0.29, 0.717) is 0 Å². The summed E-state index contributed by atoms with van der Waals surface area (Å²) in [4.78, 5) is 0. The molecule has 100 valence electrons. The molecule has 2 nitrogen and oxygen atoms in total. The highest BCUT2D eigenvalue weighted by atomic mass is 16.5. The second-order valence-electron chi connectivity index (χ2n) is 4.88. The molecule has 0 heterocycles. The standard InChI is InChI=1S/C17H21NO/c1-13-6-5-7-14(12-13)10-11-16(18)15-8-3-4-9-17(15)19-2/h3-9,12,16H,10-11,18H2,1-2H3. The molecule has 2 N–H and O–H groups in total. The van der Waals surface area contributed by atoms with Gasteiger partial charge in [-0.2, -0.15) is 0 Å². The molecule has 19 heavy (non-hydrogen) atoms. The molecular weight excluding hydrogens is 234 g/mol. The number of hydrogen-bond donors (Lipinski definition) is 1. The first-order valence-electron chi connectivity index (χ1n) is 6.64. The summed E-state index contributed by atoms with van der Waals surface area (Å²) in [5.41, 5.74) is 9.99. The van der Waals surface area contributed by atoms with Gasteiger partial charge >= 0.3 is 0 Å². The lowest BCUT2D eigenvalue weighted by molar-refractivity contribution is 0.404. The van der Waals surface area contributed by atoms with Crippen LogP contribution in [0.5, 0.6) is 5.75 Å². The van der Waals surface area contributed by atoms with Gasteiger partial charge in [0.15, 0.2) is 0 Å². The monoisotopic (exact) mass is 255 g/mol. The normalized spacial score (nSPS) is 12.2. The second-order valence-corrected chi connectivity index (χ2v) is 4.88. The number of nitrogens with two attached hydrogens (primary N) is 1. The summed E-state index contributed by atoms with van der Waals surface area (Å²) in [6.07, 6.45) is 1.91. The maximum absolute atomic E-state index is 6.28. The van der Waals surface area contributed by atoms with E-state index in [-0.39, 0.29) is 6.04 Å². The summed E-state index contributed by atoms with van der Waals surface area (Å²) in [6.45, 7) is 2.11. The number of ether oxygens (including phenoxy) is 1. The number of methoxy groups -OCH3 is 1. The quantitative estimate of drug-likeness (QED) is 0.885. The molecule has 0 aliphatic carbocycles. The van der Waals surface area contributed by atoms with Crippen LogP contribution in [-0.4, -0.2) is 7.11 Å². The molecule has 2 heteroatoms. The molecule has 2 aromatic rings. The van der Waals surface area contributed by atoms with Gasteiger partial charge in [0.2, 0.25) is 0 Å². The van der Waals surface area contributed by atoms with Crippen LogP contribution in [0.25, 0.3) is 0 Å². The Balaban J connectivity index is 2.03. The van der Waals surface area contributed by atoms with Crippen LogP contribution in [0.15, 0.2) is 48.5 Å². The smallest absolute Gasteiger partial charge is 0.123 e.